The van der Waals surface area contributed by atoms with Crippen molar-refractivity contribution in [3.63, 3.8) is 0 Å². The number of carboxylic acid groups (broad SMARTS) is 1. The average Bonchev–Trinajstić information content (AvgIpc) is 2.32. The first-order chi connectivity index (χ1) is 4.75. The van der Waals surface area contributed by atoms with Crippen molar-refractivity contribution in [3.05, 3.63) is 0 Å². The van der Waals surface area contributed by atoms with Crippen molar-refractivity contribution in [2.24, 2.45) is 11.3 Å². The molecule has 2 unspecified atom stereocenters. The molecule has 1 aliphatic heterocycles. The van der Waals surface area contributed by atoms with Gasteiger partial charge in [-0.25, -0.2) is 0 Å². The fourth-order valence-corrected chi connectivity index (χ4v) is 1.93. The Hall–Kier alpha value is -0.280. The molecule has 2 fully saturated rings. The van der Waals surface area contributed by atoms with Crippen molar-refractivity contribution in [1.82, 2.24) is 5.32 Å². The summed E-state index contributed by atoms with van der Waals surface area (Å²) in [5, 5.41) is 11.8. The molecule has 1 spiro atoms. The van der Waals surface area contributed by atoms with Gasteiger partial charge in [-0.1, -0.05) is 0 Å². The van der Waals surface area contributed by atoms with Gasteiger partial charge < -0.3 is 10.4 Å². The highest BCUT2D eigenvalue weighted by atomic mass is 35.5. The Morgan fingerprint density at radius 3 is 2.73 bits per heavy atom. The molecule has 1 saturated heterocycles. The van der Waals surface area contributed by atoms with E-state index in [9.17, 15) is 4.79 Å². The first kappa shape index (κ1) is 8.81. The average molecular weight is 178 g/mol. The minimum Gasteiger partial charge on any atom is -0.481 e. The van der Waals surface area contributed by atoms with Crippen LogP contribution in [0.2, 0.25) is 0 Å². The Morgan fingerprint density at radius 2 is 2.36 bits per heavy atom. The second kappa shape index (κ2) is 2.64. The van der Waals surface area contributed by atoms with Crippen molar-refractivity contribution in [2.75, 3.05) is 13.1 Å². The van der Waals surface area contributed by atoms with Gasteiger partial charge in [-0.15, -0.1) is 12.4 Å². The molecule has 11 heavy (non-hydrogen) atoms. The van der Waals surface area contributed by atoms with E-state index in [-0.39, 0.29) is 23.7 Å². The molecule has 3 nitrogen and oxygen atoms in total. The Morgan fingerprint density at radius 1 is 1.64 bits per heavy atom. The number of hydrogen-bond acceptors (Lipinski definition) is 2. The summed E-state index contributed by atoms with van der Waals surface area (Å²) in [5.41, 5.74) is 0.172. The van der Waals surface area contributed by atoms with Gasteiger partial charge in [0.2, 0.25) is 0 Å². The maximum atomic E-state index is 10.5. The molecule has 2 N–H and O–H groups in total. The van der Waals surface area contributed by atoms with E-state index in [0.717, 1.165) is 25.9 Å². The second-order valence-electron chi connectivity index (χ2n) is 3.38. The van der Waals surface area contributed by atoms with Gasteiger partial charge in [0, 0.05) is 6.54 Å². The van der Waals surface area contributed by atoms with E-state index < -0.39 is 5.97 Å². The van der Waals surface area contributed by atoms with Crippen LogP contribution in [0.1, 0.15) is 12.8 Å². The molecular formula is C7H12ClNO2. The van der Waals surface area contributed by atoms with Crippen LogP contribution in [-0.4, -0.2) is 24.2 Å². The number of carboxylic acids is 1. The van der Waals surface area contributed by atoms with Gasteiger partial charge in [0.1, 0.15) is 0 Å². The van der Waals surface area contributed by atoms with Crippen LogP contribution in [0.25, 0.3) is 0 Å². The molecule has 1 heterocycles. The molecule has 64 valence electrons. The van der Waals surface area contributed by atoms with Crippen molar-refractivity contribution in [3.8, 4) is 0 Å². The summed E-state index contributed by atoms with van der Waals surface area (Å²) < 4.78 is 0. The monoisotopic (exact) mass is 177 g/mol. The molecular weight excluding hydrogens is 166 g/mol. The molecule has 2 atom stereocenters. The second-order valence-corrected chi connectivity index (χ2v) is 3.38. The molecule has 4 heteroatoms. The van der Waals surface area contributed by atoms with Crippen LogP contribution in [0.5, 0.6) is 0 Å². The maximum Gasteiger partial charge on any atom is 0.307 e. The summed E-state index contributed by atoms with van der Waals surface area (Å²) in [5.74, 6) is -0.647. The smallest absolute Gasteiger partial charge is 0.307 e. The highest BCUT2D eigenvalue weighted by molar-refractivity contribution is 5.85. The van der Waals surface area contributed by atoms with Gasteiger partial charge in [0.15, 0.2) is 0 Å². The van der Waals surface area contributed by atoms with Crippen molar-refractivity contribution in [1.29, 1.82) is 0 Å². The third kappa shape index (κ3) is 1.23. The first-order valence-corrected chi connectivity index (χ1v) is 3.68. The number of carbonyl (C=O) groups is 1. The van der Waals surface area contributed by atoms with Crippen molar-refractivity contribution >= 4 is 18.4 Å². The van der Waals surface area contributed by atoms with Crippen LogP contribution in [0.3, 0.4) is 0 Å². The van der Waals surface area contributed by atoms with E-state index in [4.69, 9.17) is 5.11 Å². The predicted octanol–water partition coefficient (Wildman–Crippen LogP) is 0.492. The zero-order valence-electron chi connectivity index (χ0n) is 6.17. The third-order valence-corrected chi connectivity index (χ3v) is 2.76. The van der Waals surface area contributed by atoms with E-state index in [1.165, 1.54) is 0 Å². The summed E-state index contributed by atoms with van der Waals surface area (Å²) in [6.45, 7) is 1.92. The van der Waals surface area contributed by atoms with Crippen LogP contribution >= 0.6 is 12.4 Å². The van der Waals surface area contributed by atoms with E-state index >= 15 is 0 Å². The number of rotatable bonds is 1. The SMILES string of the molecule is Cl.O=C(O)C1CC12CCNC2. The van der Waals surface area contributed by atoms with Crippen molar-refractivity contribution < 1.29 is 9.90 Å². The fourth-order valence-electron chi connectivity index (χ4n) is 1.93. The van der Waals surface area contributed by atoms with E-state index in [0.29, 0.717) is 0 Å². The molecule has 0 bridgehead atoms. The predicted molar refractivity (Wildman–Crippen MR) is 42.9 cm³/mol. The van der Waals surface area contributed by atoms with Gasteiger partial charge in [-0.2, -0.15) is 0 Å². The Bertz CT molecular complexity index is 177. The van der Waals surface area contributed by atoms with E-state index in [1.807, 2.05) is 0 Å². The zero-order chi connectivity index (χ0) is 7.19. The lowest BCUT2D eigenvalue weighted by atomic mass is 10.0. The van der Waals surface area contributed by atoms with Crippen LogP contribution in [0, 0.1) is 11.3 Å². The molecule has 2 aliphatic rings. The lowest BCUT2D eigenvalue weighted by Crippen LogP contribution is -2.14. The Kier molecular flexibility index (Phi) is 2.12. The summed E-state index contributed by atoms with van der Waals surface area (Å²) in [7, 11) is 0. The minimum atomic E-state index is -0.608. The van der Waals surface area contributed by atoms with Crippen LogP contribution in [0.15, 0.2) is 0 Å². The summed E-state index contributed by atoms with van der Waals surface area (Å²) in [6, 6.07) is 0. The van der Waals surface area contributed by atoms with E-state index in [2.05, 4.69) is 5.32 Å². The molecule has 0 aromatic heterocycles. The summed E-state index contributed by atoms with van der Waals surface area (Å²) >= 11 is 0. The minimum absolute atomic E-state index is 0. The Labute approximate surface area is 71.6 Å². The Balaban J connectivity index is 0.000000605. The summed E-state index contributed by atoms with van der Waals surface area (Å²) in [6.07, 6.45) is 1.96. The maximum absolute atomic E-state index is 10.5. The van der Waals surface area contributed by atoms with E-state index in [1.54, 1.807) is 0 Å². The quantitative estimate of drug-likeness (QED) is 0.613. The van der Waals surface area contributed by atoms with Crippen LogP contribution in [-0.2, 0) is 4.79 Å². The first-order valence-electron chi connectivity index (χ1n) is 3.68. The number of hydrogen-bond donors (Lipinski definition) is 2. The number of aliphatic carboxylic acids is 1. The number of halogens is 1. The molecule has 1 saturated carbocycles. The molecule has 2 rings (SSSR count). The molecule has 0 radical (unpaired) electrons. The largest absolute Gasteiger partial charge is 0.481 e. The third-order valence-electron chi connectivity index (χ3n) is 2.76. The van der Waals surface area contributed by atoms with Gasteiger partial charge in [0.25, 0.3) is 0 Å². The topological polar surface area (TPSA) is 49.3 Å². The molecule has 0 aromatic rings. The standard InChI is InChI=1S/C7H11NO2.ClH/c9-6(10)5-3-7(5)1-2-8-4-7;/h5,8H,1-4H2,(H,9,10);1H. The zero-order valence-corrected chi connectivity index (χ0v) is 6.99. The lowest BCUT2D eigenvalue weighted by Gasteiger charge is -2.01. The molecule has 0 aromatic carbocycles. The van der Waals surface area contributed by atoms with Gasteiger partial charge >= 0.3 is 5.97 Å². The van der Waals surface area contributed by atoms with Gasteiger partial charge in [-0.05, 0) is 24.8 Å². The molecule has 1 aliphatic carbocycles. The number of nitrogens with one attached hydrogen (secondary N) is 1. The van der Waals surface area contributed by atoms with Crippen molar-refractivity contribution in [2.45, 2.75) is 12.8 Å². The highest BCUT2D eigenvalue weighted by Crippen LogP contribution is 2.56. The van der Waals surface area contributed by atoms with Crippen LogP contribution in [0.4, 0.5) is 0 Å². The van der Waals surface area contributed by atoms with Gasteiger partial charge in [-0.3, -0.25) is 4.79 Å². The van der Waals surface area contributed by atoms with Gasteiger partial charge in [0.05, 0.1) is 5.92 Å². The molecule has 0 amide bonds. The summed E-state index contributed by atoms with van der Waals surface area (Å²) in [4.78, 5) is 10.5. The highest BCUT2D eigenvalue weighted by Gasteiger charge is 2.59. The lowest BCUT2D eigenvalue weighted by molar-refractivity contribution is -0.139. The fraction of sp³-hybridized carbons (Fsp3) is 0.857. The van der Waals surface area contributed by atoms with Crippen LogP contribution < -0.4 is 5.32 Å². The normalized spacial score (nSPS) is 40.2.